The molecule has 26 heavy (non-hydrogen) atoms. The second-order valence-electron chi connectivity index (χ2n) is 6.39. The van der Waals surface area contributed by atoms with Crippen molar-refractivity contribution in [1.82, 2.24) is 4.90 Å². The molecule has 0 spiro atoms. The minimum Gasteiger partial charge on any atom is -0.490 e. The van der Waals surface area contributed by atoms with Crippen molar-refractivity contribution < 1.29 is 23.8 Å². The molecule has 0 atom stereocenters. The quantitative estimate of drug-likeness (QED) is 0.524. The molecule has 1 saturated heterocycles. The molecule has 1 aliphatic heterocycles. The standard InChI is InChI=1S/C20H29NO5/c1-4-6-13-26-17-8-7-16(14-18(17)25-5-2)19(22)21-11-9-15(10-12-21)20(23)24-3/h7-8,14-15H,4-6,9-13H2,1-3H3. The third kappa shape index (κ3) is 5.13. The molecule has 0 bridgehead atoms. The smallest absolute Gasteiger partial charge is 0.308 e. The number of amides is 1. The minimum absolute atomic E-state index is 0.0469. The van der Waals surface area contributed by atoms with Gasteiger partial charge in [-0.05, 0) is 44.4 Å². The van der Waals surface area contributed by atoms with Crippen LogP contribution >= 0.6 is 0 Å². The van der Waals surface area contributed by atoms with Crippen LogP contribution in [0.3, 0.4) is 0 Å². The Balaban J connectivity index is 2.04. The van der Waals surface area contributed by atoms with Crippen molar-refractivity contribution in [3.05, 3.63) is 23.8 Å². The van der Waals surface area contributed by atoms with Gasteiger partial charge in [-0.15, -0.1) is 0 Å². The van der Waals surface area contributed by atoms with E-state index in [0.717, 1.165) is 12.8 Å². The van der Waals surface area contributed by atoms with Crippen molar-refractivity contribution in [3.8, 4) is 11.5 Å². The molecule has 1 amide bonds. The molecule has 1 aromatic carbocycles. The largest absolute Gasteiger partial charge is 0.490 e. The third-order valence-electron chi connectivity index (χ3n) is 4.56. The van der Waals surface area contributed by atoms with Gasteiger partial charge in [-0.3, -0.25) is 9.59 Å². The first-order valence-corrected chi connectivity index (χ1v) is 9.37. The van der Waals surface area contributed by atoms with Crippen molar-refractivity contribution in [2.24, 2.45) is 5.92 Å². The van der Waals surface area contributed by atoms with Crippen LogP contribution in [0.2, 0.25) is 0 Å². The van der Waals surface area contributed by atoms with E-state index in [9.17, 15) is 9.59 Å². The van der Waals surface area contributed by atoms with Crippen LogP contribution in [0, 0.1) is 5.92 Å². The van der Waals surface area contributed by atoms with Gasteiger partial charge in [0.2, 0.25) is 0 Å². The summed E-state index contributed by atoms with van der Waals surface area (Å²) in [5, 5.41) is 0. The Kier molecular flexibility index (Phi) is 7.75. The average molecular weight is 363 g/mol. The fraction of sp³-hybridized carbons (Fsp3) is 0.600. The number of hydrogen-bond acceptors (Lipinski definition) is 5. The summed E-state index contributed by atoms with van der Waals surface area (Å²) < 4.78 is 16.2. The van der Waals surface area contributed by atoms with E-state index in [1.165, 1.54) is 7.11 Å². The average Bonchev–Trinajstić information content (AvgIpc) is 2.68. The van der Waals surface area contributed by atoms with E-state index in [1.807, 2.05) is 6.92 Å². The number of methoxy groups -OCH3 is 1. The summed E-state index contributed by atoms with van der Waals surface area (Å²) in [6.45, 7) is 6.26. The van der Waals surface area contributed by atoms with Gasteiger partial charge in [-0.25, -0.2) is 0 Å². The number of carbonyl (C=O) groups excluding carboxylic acids is 2. The van der Waals surface area contributed by atoms with Gasteiger partial charge in [0.15, 0.2) is 11.5 Å². The van der Waals surface area contributed by atoms with E-state index in [-0.39, 0.29) is 17.8 Å². The van der Waals surface area contributed by atoms with E-state index < -0.39 is 0 Å². The zero-order valence-corrected chi connectivity index (χ0v) is 16.0. The van der Waals surface area contributed by atoms with Crippen LogP contribution in [0.4, 0.5) is 0 Å². The fourth-order valence-corrected chi connectivity index (χ4v) is 3.02. The van der Waals surface area contributed by atoms with Crippen molar-refractivity contribution in [3.63, 3.8) is 0 Å². The highest BCUT2D eigenvalue weighted by atomic mass is 16.5. The molecule has 0 aliphatic carbocycles. The number of rotatable bonds is 8. The predicted molar refractivity (Wildman–Crippen MR) is 98.7 cm³/mol. The normalized spacial score (nSPS) is 14.8. The van der Waals surface area contributed by atoms with E-state index in [1.54, 1.807) is 23.1 Å². The molecule has 2 rings (SSSR count). The lowest BCUT2D eigenvalue weighted by Gasteiger charge is -2.30. The van der Waals surface area contributed by atoms with Crippen LogP contribution in [0.1, 0.15) is 49.9 Å². The van der Waals surface area contributed by atoms with Crippen LogP contribution in [0.15, 0.2) is 18.2 Å². The second kappa shape index (κ2) is 10.0. The molecule has 1 heterocycles. The lowest BCUT2D eigenvalue weighted by atomic mass is 9.96. The highest BCUT2D eigenvalue weighted by Crippen LogP contribution is 2.30. The summed E-state index contributed by atoms with van der Waals surface area (Å²) in [7, 11) is 1.40. The molecule has 6 heteroatoms. The molecule has 1 aliphatic rings. The molecule has 0 unspecified atom stereocenters. The summed E-state index contributed by atoms with van der Waals surface area (Å²) in [4.78, 5) is 26.2. The Bertz CT molecular complexity index is 608. The van der Waals surface area contributed by atoms with Crippen LogP contribution in [0.25, 0.3) is 0 Å². The second-order valence-corrected chi connectivity index (χ2v) is 6.39. The lowest BCUT2D eigenvalue weighted by molar-refractivity contribution is -0.146. The van der Waals surface area contributed by atoms with E-state index >= 15 is 0 Å². The Morgan fingerprint density at radius 3 is 2.46 bits per heavy atom. The molecule has 0 aromatic heterocycles. The predicted octanol–water partition coefficient (Wildman–Crippen LogP) is 3.29. The first-order chi connectivity index (χ1) is 12.6. The Labute approximate surface area is 155 Å². The number of unbranched alkanes of at least 4 members (excludes halogenated alkanes) is 1. The molecule has 1 aromatic rings. The number of piperidine rings is 1. The van der Waals surface area contributed by atoms with Gasteiger partial charge >= 0.3 is 5.97 Å². The van der Waals surface area contributed by atoms with Crippen LogP contribution in [-0.2, 0) is 9.53 Å². The van der Waals surface area contributed by atoms with Crippen LogP contribution < -0.4 is 9.47 Å². The van der Waals surface area contributed by atoms with Crippen molar-refractivity contribution >= 4 is 11.9 Å². The topological polar surface area (TPSA) is 65.1 Å². The number of hydrogen-bond donors (Lipinski definition) is 0. The lowest BCUT2D eigenvalue weighted by Crippen LogP contribution is -2.40. The van der Waals surface area contributed by atoms with E-state index in [2.05, 4.69) is 6.92 Å². The number of nitrogens with zero attached hydrogens (tertiary/aromatic N) is 1. The van der Waals surface area contributed by atoms with E-state index in [0.29, 0.717) is 56.2 Å². The maximum absolute atomic E-state index is 12.8. The number of carbonyl (C=O) groups is 2. The number of esters is 1. The highest BCUT2D eigenvalue weighted by Gasteiger charge is 2.28. The Hall–Kier alpha value is -2.24. The molecule has 1 fully saturated rings. The SMILES string of the molecule is CCCCOc1ccc(C(=O)N2CCC(C(=O)OC)CC2)cc1OCC. The fourth-order valence-electron chi connectivity index (χ4n) is 3.02. The van der Waals surface area contributed by atoms with Crippen molar-refractivity contribution in [1.29, 1.82) is 0 Å². The van der Waals surface area contributed by atoms with Crippen LogP contribution in [-0.4, -0.2) is 50.2 Å². The summed E-state index contributed by atoms with van der Waals surface area (Å²) >= 11 is 0. The van der Waals surface area contributed by atoms with Gasteiger partial charge < -0.3 is 19.1 Å². The maximum Gasteiger partial charge on any atom is 0.308 e. The molecule has 0 saturated carbocycles. The maximum atomic E-state index is 12.8. The molecule has 0 radical (unpaired) electrons. The molecular formula is C20H29NO5. The Morgan fingerprint density at radius 1 is 1.12 bits per heavy atom. The van der Waals surface area contributed by atoms with Gasteiger partial charge in [0, 0.05) is 18.7 Å². The first-order valence-electron chi connectivity index (χ1n) is 9.37. The zero-order chi connectivity index (χ0) is 18.9. The third-order valence-corrected chi connectivity index (χ3v) is 4.56. The zero-order valence-electron chi connectivity index (χ0n) is 16.0. The van der Waals surface area contributed by atoms with Gasteiger partial charge in [0.05, 0.1) is 26.2 Å². The number of likely N-dealkylation sites (tertiary alicyclic amines) is 1. The molecule has 144 valence electrons. The summed E-state index contributed by atoms with van der Waals surface area (Å²) in [6, 6.07) is 5.33. The summed E-state index contributed by atoms with van der Waals surface area (Å²) in [5.74, 6) is 0.913. The number of ether oxygens (including phenoxy) is 3. The molecule has 6 nitrogen and oxygen atoms in total. The van der Waals surface area contributed by atoms with Crippen molar-refractivity contribution in [2.45, 2.75) is 39.5 Å². The first kappa shape index (κ1) is 20.1. The Morgan fingerprint density at radius 2 is 1.85 bits per heavy atom. The van der Waals surface area contributed by atoms with Crippen LogP contribution in [0.5, 0.6) is 11.5 Å². The highest BCUT2D eigenvalue weighted by molar-refractivity contribution is 5.95. The summed E-state index contributed by atoms with van der Waals surface area (Å²) in [5.41, 5.74) is 0.577. The minimum atomic E-state index is -0.190. The van der Waals surface area contributed by atoms with Crippen molar-refractivity contribution in [2.75, 3.05) is 33.4 Å². The van der Waals surface area contributed by atoms with Gasteiger partial charge in [-0.2, -0.15) is 0 Å². The monoisotopic (exact) mass is 363 g/mol. The number of benzene rings is 1. The summed E-state index contributed by atoms with van der Waals surface area (Å²) in [6.07, 6.45) is 3.30. The molecule has 0 N–H and O–H groups in total. The van der Waals surface area contributed by atoms with Gasteiger partial charge in [-0.1, -0.05) is 13.3 Å². The van der Waals surface area contributed by atoms with E-state index in [4.69, 9.17) is 14.2 Å². The van der Waals surface area contributed by atoms with Gasteiger partial charge in [0.1, 0.15) is 0 Å². The molecular weight excluding hydrogens is 334 g/mol. The van der Waals surface area contributed by atoms with Gasteiger partial charge in [0.25, 0.3) is 5.91 Å².